The molecule has 2 aromatic rings. The molecular formula is C17H14ClN3O2. The number of hydrogen-bond acceptors (Lipinski definition) is 4. The van der Waals surface area contributed by atoms with E-state index in [9.17, 15) is 4.79 Å². The SMILES string of the molecule is COc1cc(Cl)cnc1C(=O)NC1CCc2cc(C#N)ccc21. The fraction of sp³-hybridized carbons (Fsp3) is 0.235. The largest absolute Gasteiger partial charge is 0.494 e. The minimum Gasteiger partial charge on any atom is -0.494 e. The Balaban J connectivity index is 1.82. The zero-order valence-corrected chi connectivity index (χ0v) is 13.2. The zero-order valence-electron chi connectivity index (χ0n) is 12.5. The van der Waals surface area contributed by atoms with Gasteiger partial charge in [0.2, 0.25) is 0 Å². The highest BCUT2D eigenvalue weighted by atomic mass is 35.5. The summed E-state index contributed by atoms with van der Waals surface area (Å²) < 4.78 is 5.17. The van der Waals surface area contributed by atoms with Crippen LogP contribution >= 0.6 is 11.6 Å². The van der Waals surface area contributed by atoms with E-state index in [-0.39, 0.29) is 17.6 Å². The molecule has 3 rings (SSSR count). The summed E-state index contributed by atoms with van der Waals surface area (Å²) >= 11 is 5.87. The van der Waals surface area contributed by atoms with E-state index in [1.807, 2.05) is 12.1 Å². The number of ether oxygens (including phenoxy) is 1. The van der Waals surface area contributed by atoms with Crippen molar-refractivity contribution in [3.05, 3.63) is 57.9 Å². The second-order valence-corrected chi connectivity index (χ2v) is 5.73. The van der Waals surface area contributed by atoms with Gasteiger partial charge >= 0.3 is 0 Å². The molecule has 0 saturated carbocycles. The number of hydrogen-bond donors (Lipinski definition) is 1. The number of nitriles is 1. The van der Waals surface area contributed by atoms with Gasteiger partial charge in [0.15, 0.2) is 11.4 Å². The second kappa shape index (κ2) is 6.27. The molecule has 0 saturated heterocycles. The molecule has 1 N–H and O–H groups in total. The summed E-state index contributed by atoms with van der Waals surface area (Å²) in [5, 5.41) is 12.3. The molecular weight excluding hydrogens is 314 g/mol. The maximum absolute atomic E-state index is 12.5. The van der Waals surface area contributed by atoms with Crippen LogP contribution in [0.25, 0.3) is 0 Å². The Kier molecular flexibility index (Phi) is 4.18. The molecule has 0 aliphatic heterocycles. The number of halogens is 1. The molecule has 0 fully saturated rings. The van der Waals surface area contributed by atoms with Crippen LogP contribution in [0.15, 0.2) is 30.5 Å². The average molecular weight is 328 g/mol. The normalized spacial score (nSPS) is 15.6. The minimum absolute atomic E-state index is 0.0903. The van der Waals surface area contributed by atoms with Crippen molar-refractivity contribution in [2.45, 2.75) is 18.9 Å². The first kappa shape index (κ1) is 15.3. The number of aromatic nitrogens is 1. The van der Waals surface area contributed by atoms with E-state index in [2.05, 4.69) is 16.4 Å². The molecule has 1 aromatic carbocycles. The van der Waals surface area contributed by atoms with Gasteiger partial charge < -0.3 is 10.1 Å². The highest BCUT2D eigenvalue weighted by Gasteiger charge is 2.26. The topological polar surface area (TPSA) is 75.0 Å². The maximum Gasteiger partial charge on any atom is 0.274 e. The van der Waals surface area contributed by atoms with Crippen LogP contribution in [0.5, 0.6) is 5.75 Å². The Morgan fingerprint density at radius 1 is 1.48 bits per heavy atom. The first-order valence-corrected chi connectivity index (χ1v) is 7.53. The lowest BCUT2D eigenvalue weighted by Gasteiger charge is -2.15. The van der Waals surface area contributed by atoms with E-state index >= 15 is 0 Å². The van der Waals surface area contributed by atoms with Crippen LogP contribution < -0.4 is 10.1 Å². The van der Waals surface area contributed by atoms with Gasteiger partial charge in [-0.15, -0.1) is 0 Å². The number of methoxy groups -OCH3 is 1. The molecule has 1 atom stereocenters. The Hall–Kier alpha value is -2.58. The summed E-state index contributed by atoms with van der Waals surface area (Å²) in [5.41, 5.74) is 2.99. The summed E-state index contributed by atoms with van der Waals surface area (Å²) in [4.78, 5) is 16.5. The number of pyridine rings is 1. The van der Waals surface area contributed by atoms with Crippen LogP contribution in [0.2, 0.25) is 5.02 Å². The lowest BCUT2D eigenvalue weighted by atomic mass is 10.1. The number of rotatable bonds is 3. The average Bonchev–Trinajstić information content (AvgIpc) is 2.96. The Morgan fingerprint density at radius 3 is 3.04 bits per heavy atom. The van der Waals surface area contributed by atoms with Gasteiger partial charge in [0.1, 0.15) is 0 Å². The van der Waals surface area contributed by atoms with Crippen molar-refractivity contribution in [1.82, 2.24) is 10.3 Å². The maximum atomic E-state index is 12.5. The highest BCUT2D eigenvalue weighted by molar-refractivity contribution is 6.30. The van der Waals surface area contributed by atoms with Crippen molar-refractivity contribution in [3.63, 3.8) is 0 Å². The highest BCUT2D eigenvalue weighted by Crippen LogP contribution is 2.32. The molecule has 0 spiro atoms. The summed E-state index contributed by atoms with van der Waals surface area (Å²) in [6.45, 7) is 0. The quantitative estimate of drug-likeness (QED) is 0.940. The third-order valence-electron chi connectivity index (χ3n) is 3.91. The number of fused-ring (bicyclic) bond motifs is 1. The van der Waals surface area contributed by atoms with E-state index in [4.69, 9.17) is 21.6 Å². The van der Waals surface area contributed by atoms with Gasteiger partial charge in [-0.1, -0.05) is 17.7 Å². The van der Waals surface area contributed by atoms with E-state index in [0.717, 1.165) is 24.0 Å². The van der Waals surface area contributed by atoms with Gasteiger partial charge in [-0.05, 0) is 36.1 Å². The van der Waals surface area contributed by atoms with Crippen LogP contribution in [-0.4, -0.2) is 18.0 Å². The molecule has 0 bridgehead atoms. The van der Waals surface area contributed by atoms with Gasteiger partial charge in [-0.2, -0.15) is 5.26 Å². The standard InChI is InChI=1S/C17H14ClN3O2/c1-23-15-7-12(18)9-20-16(15)17(22)21-14-5-3-11-6-10(8-19)2-4-13(11)14/h2,4,6-7,9,14H,3,5H2,1H3,(H,21,22). The fourth-order valence-corrected chi connectivity index (χ4v) is 2.96. The molecule has 23 heavy (non-hydrogen) atoms. The van der Waals surface area contributed by atoms with Crippen LogP contribution in [-0.2, 0) is 6.42 Å². The summed E-state index contributed by atoms with van der Waals surface area (Å²) in [6.07, 6.45) is 3.05. The molecule has 1 unspecified atom stereocenters. The first-order valence-electron chi connectivity index (χ1n) is 7.15. The summed E-state index contributed by atoms with van der Waals surface area (Å²) in [6, 6.07) is 9.15. The van der Waals surface area contributed by atoms with Crippen molar-refractivity contribution in [2.75, 3.05) is 7.11 Å². The van der Waals surface area contributed by atoms with Gasteiger partial charge in [0.05, 0.1) is 29.8 Å². The molecule has 0 radical (unpaired) electrons. The van der Waals surface area contributed by atoms with Crippen LogP contribution in [0.1, 0.15) is 39.6 Å². The third-order valence-corrected chi connectivity index (χ3v) is 4.12. The molecule has 5 nitrogen and oxygen atoms in total. The molecule has 1 aromatic heterocycles. The van der Waals surface area contributed by atoms with Crippen LogP contribution in [0, 0.1) is 11.3 Å². The number of benzene rings is 1. The number of nitrogens with one attached hydrogen (secondary N) is 1. The van der Waals surface area contributed by atoms with E-state index < -0.39 is 0 Å². The van der Waals surface area contributed by atoms with Gasteiger partial charge in [0, 0.05) is 12.3 Å². The van der Waals surface area contributed by atoms with Gasteiger partial charge in [0.25, 0.3) is 5.91 Å². The lowest BCUT2D eigenvalue weighted by molar-refractivity contribution is 0.0928. The summed E-state index contributed by atoms with van der Waals surface area (Å²) in [5.74, 6) is 0.0359. The van der Waals surface area contributed by atoms with Crippen LogP contribution in [0.4, 0.5) is 0 Å². The predicted octanol–water partition coefficient (Wildman–Crippen LogP) is 3.03. The van der Waals surface area contributed by atoms with Crippen molar-refractivity contribution in [3.8, 4) is 11.8 Å². The molecule has 1 aliphatic rings. The minimum atomic E-state index is -0.305. The Bertz CT molecular complexity index is 814. The van der Waals surface area contributed by atoms with Gasteiger partial charge in [-0.3, -0.25) is 4.79 Å². The van der Waals surface area contributed by atoms with Crippen molar-refractivity contribution in [2.24, 2.45) is 0 Å². The molecule has 6 heteroatoms. The van der Waals surface area contributed by atoms with Crippen molar-refractivity contribution < 1.29 is 9.53 Å². The third kappa shape index (κ3) is 2.99. The van der Waals surface area contributed by atoms with Gasteiger partial charge in [-0.25, -0.2) is 4.98 Å². The van der Waals surface area contributed by atoms with E-state index in [1.54, 1.807) is 12.1 Å². The van der Waals surface area contributed by atoms with Crippen LogP contribution in [0.3, 0.4) is 0 Å². The number of nitrogens with zero attached hydrogens (tertiary/aromatic N) is 2. The van der Waals surface area contributed by atoms with Crippen molar-refractivity contribution >= 4 is 17.5 Å². The van der Waals surface area contributed by atoms with E-state index in [0.29, 0.717) is 16.3 Å². The summed E-state index contributed by atoms with van der Waals surface area (Å²) in [7, 11) is 1.47. The smallest absolute Gasteiger partial charge is 0.274 e. The first-order chi connectivity index (χ1) is 11.1. The molecule has 1 aliphatic carbocycles. The fourth-order valence-electron chi connectivity index (χ4n) is 2.81. The lowest BCUT2D eigenvalue weighted by Crippen LogP contribution is -2.28. The number of amides is 1. The van der Waals surface area contributed by atoms with Crippen molar-refractivity contribution in [1.29, 1.82) is 5.26 Å². The number of aryl methyl sites for hydroxylation is 1. The predicted molar refractivity (Wildman–Crippen MR) is 85.5 cm³/mol. The Labute approximate surface area is 138 Å². The second-order valence-electron chi connectivity index (χ2n) is 5.29. The monoisotopic (exact) mass is 327 g/mol. The molecule has 1 amide bonds. The Morgan fingerprint density at radius 2 is 2.30 bits per heavy atom. The molecule has 1 heterocycles. The number of carbonyl (C=O) groups excluding carboxylic acids is 1. The zero-order chi connectivity index (χ0) is 16.4. The number of carbonyl (C=O) groups is 1. The molecule has 116 valence electrons. The van der Waals surface area contributed by atoms with E-state index in [1.165, 1.54) is 13.3 Å².